The van der Waals surface area contributed by atoms with Gasteiger partial charge in [-0.2, -0.15) is 5.10 Å². The number of nitrogens with zero attached hydrogens (tertiary/aromatic N) is 4. The molecule has 0 fully saturated rings. The van der Waals surface area contributed by atoms with Crippen LogP contribution >= 0.6 is 0 Å². The molecule has 0 N–H and O–H groups in total. The summed E-state index contributed by atoms with van der Waals surface area (Å²) in [5.41, 5.74) is 4.98. The lowest BCUT2D eigenvalue weighted by molar-refractivity contribution is 0.0515. The van der Waals surface area contributed by atoms with E-state index in [1.165, 1.54) is 16.6 Å². The van der Waals surface area contributed by atoms with E-state index in [-0.39, 0.29) is 5.97 Å². The number of carbonyl (C=O) groups excluding carboxylic acids is 1. The lowest BCUT2D eigenvalue weighted by atomic mass is 10.0. The van der Waals surface area contributed by atoms with Crippen LogP contribution < -0.4 is 0 Å². The monoisotopic (exact) mass is 406 g/mol. The summed E-state index contributed by atoms with van der Waals surface area (Å²) in [6.45, 7) is 9.93. The predicted octanol–water partition coefficient (Wildman–Crippen LogP) is 4.21. The van der Waals surface area contributed by atoms with Crippen molar-refractivity contribution < 1.29 is 9.53 Å². The molecule has 0 spiro atoms. The molecule has 0 atom stereocenters. The third kappa shape index (κ3) is 4.24. The number of pyridine rings is 1. The average molecular weight is 407 g/mol. The normalized spacial score (nSPS) is 14.3. The highest BCUT2D eigenvalue weighted by Crippen LogP contribution is 2.27. The molecule has 4 rings (SSSR count). The van der Waals surface area contributed by atoms with E-state index >= 15 is 0 Å². The second-order valence-corrected chi connectivity index (χ2v) is 8.35. The largest absolute Gasteiger partial charge is 0.461 e. The van der Waals surface area contributed by atoms with Crippen LogP contribution in [0.2, 0.25) is 0 Å². The Morgan fingerprint density at radius 3 is 2.87 bits per heavy atom. The lowest BCUT2D eigenvalue weighted by Gasteiger charge is -2.28. The number of carbonyl (C=O) groups is 1. The van der Waals surface area contributed by atoms with E-state index in [4.69, 9.17) is 4.74 Å². The van der Waals surface area contributed by atoms with E-state index < -0.39 is 0 Å². The fourth-order valence-electron chi connectivity index (χ4n) is 4.14. The molecule has 0 unspecified atom stereocenters. The molecular weight excluding hydrogens is 376 g/mol. The predicted molar refractivity (Wildman–Crippen MR) is 117 cm³/mol. The number of benzene rings is 1. The van der Waals surface area contributed by atoms with Gasteiger partial charge < -0.3 is 4.74 Å². The summed E-state index contributed by atoms with van der Waals surface area (Å²) in [5.74, 6) is 0.282. The fraction of sp³-hybridized carbons (Fsp3) is 0.458. The maximum absolute atomic E-state index is 12.6. The minimum absolute atomic E-state index is 0.312. The molecule has 3 aromatic rings. The third-order valence-electron chi connectivity index (χ3n) is 5.73. The Labute approximate surface area is 177 Å². The molecule has 3 heterocycles. The van der Waals surface area contributed by atoms with Crippen LogP contribution in [0.4, 0.5) is 0 Å². The summed E-state index contributed by atoms with van der Waals surface area (Å²) in [6.07, 6.45) is 3.81. The van der Waals surface area contributed by atoms with E-state index in [0.29, 0.717) is 24.8 Å². The van der Waals surface area contributed by atoms with Gasteiger partial charge in [-0.3, -0.25) is 14.6 Å². The molecule has 0 aliphatic carbocycles. The quantitative estimate of drug-likeness (QED) is 0.550. The van der Waals surface area contributed by atoms with Crippen LogP contribution in [-0.4, -0.2) is 38.8 Å². The number of hydrogen-bond donors (Lipinski definition) is 0. The van der Waals surface area contributed by atoms with Gasteiger partial charge >= 0.3 is 5.97 Å². The van der Waals surface area contributed by atoms with Gasteiger partial charge in [-0.15, -0.1) is 0 Å². The van der Waals surface area contributed by atoms with E-state index in [1.54, 1.807) is 0 Å². The van der Waals surface area contributed by atoms with Gasteiger partial charge in [-0.1, -0.05) is 32.0 Å². The van der Waals surface area contributed by atoms with E-state index in [1.807, 2.05) is 29.9 Å². The second-order valence-electron chi connectivity index (χ2n) is 8.35. The molecule has 6 heteroatoms. The highest BCUT2D eigenvalue weighted by atomic mass is 16.5. The summed E-state index contributed by atoms with van der Waals surface area (Å²) in [4.78, 5) is 19.4. The van der Waals surface area contributed by atoms with Crippen molar-refractivity contribution in [1.29, 1.82) is 0 Å². The van der Waals surface area contributed by atoms with Crippen LogP contribution in [0.3, 0.4) is 0 Å². The van der Waals surface area contributed by atoms with Crippen molar-refractivity contribution in [2.24, 2.45) is 5.92 Å². The average Bonchev–Trinajstić information content (AvgIpc) is 3.11. The zero-order valence-electron chi connectivity index (χ0n) is 18.1. The van der Waals surface area contributed by atoms with Gasteiger partial charge in [-0.05, 0) is 37.0 Å². The number of hydrogen-bond acceptors (Lipinski definition) is 5. The third-order valence-corrected chi connectivity index (χ3v) is 5.73. The van der Waals surface area contributed by atoms with Crippen molar-refractivity contribution in [2.45, 2.75) is 53.2 Å². The Balaban J connectivity index is 1.60. The first-order valence-electron chi connectivity index (χ1n) is 10.9. The number of fused-ring (bicyclic) bond motifs is 2. The zero-order valence-corrected chi connectivity index (χ0v) is 18.1. The summed E-state index contributed by atoms with van der Waals surface area (Å²) in [5, 5.41) is 5.86. The smallest absolute Gasteiger partial charge is 0.359 e. The van der Waals surface area contributed by atoms with Gasteiger partial charge in [0, 0.05) is 55.4 Å². The van der Waals surface area contributed by atoms with Crippen molar-refractivity contribution in [2.75, 3.05) is 13.2 Å². The Morgan fingerprint density at radius 2 is 2.07 bits per heavy atom. The van der Waals surface area contributed by atoms with Crippen LogP contribution in [0.1, 0.15) is 54.5 Å². The first-order valence-corrected chi connectivity index (χ1v) is 10.9. The SMILES string of the molecule is CCOC(=O)c1nn(CCC(C)C)c2c1CN(Cc1ccnc3ccccc13)CC2. The highest BCUT2D eigenvalue weighted by Gasteiger charge is 2.29. The molecule has 0 saturated carbocycles. The second kappa shape index (κ2) is 8.96. The number of aromatic nitrogens is 3. The Bertz CT molecular complexity index is 1040. The van der Waals surface area contributed by atoms with Gasteiger partial charge in [0.25, 0.3) is 0 Å². The molecule has 1 aliphatic heterocycles. The summed E-state index contributed by atoms with van der Waals surface area (Å²) in [6, 6.07) is 10.3. The van der Waals surface area contributed by atoms with Crippen molar-refractivity contribution >= 4 is 16.9 Å². The molecule has 0 saturated heterocycles. The molecule has 2 aromatic heterocycles. The van der Waals surface area contributed by atoms with E-state index in [2.05, 4.69) is 47.0 Å². The molecule has 1 aromatic carbocycles. The van der Waals surface area contributed by atoms with Crippen LogP contribution in [0, 0.1) is 5.92 Å². The van der Waals surface area contributed by atoms with Crippen molar-refractivity contribution in [3.8, 4) is 0 Å². The van der Waals surface area contributed by atoms with Crippen LogP contribution in [-0.2, 0) is 30.8 Å². The molecule has 0 amide bonds. The standard InChI is InChI=1S/C24H30N4O2/c1-4-30-24(29)23-20-16-27(13-11-22(20)28(26-23)14-10-17(2)3)15-18-9-12-25-21-8-6-5-7-19(18)21/h5-9,12,17H,4,10-11,13-16H2,1-3H3. The van der Waals surface area contributed by atoms with Gasteiger partial charge in [0.2, 0.25) is 0 Å². The Kier molecular flexibility index (Phi) is 6.13. The van der Waals surface area contributed by atoms with Gasteiger partial charge in [0.05, 0.1) is 12.1 Å². The first kappa shape index (κ1) is 20.5. The minimum Gasteiger partial charge on any atom is -0.461 e. The molecule has 0 radical (unpaired) electrons. The number of ether oxygens (including phenoxy) is 1. The minimum atomic E-state index is -0.312. The maximum atomic E-state index is 12.6. The fourth-order valence-corrected chi connectivity index (χ4v) is 4.14. The van der Waals surface area contributed by atoms with Crippen molar-refractivity contribution in [3.05, 3.63) is 59.0 Å². The Hall–Kier alpha value is -2.73. The molecule has 0 bridgehead atoms. The highest BCUT2D eigenvalue weighted by molar-refractivity contribution is 5.89. The number of para-hydroxylation sites is 1. The van der Waals surface area contributed by atoms with Crippen molar-refractivity contribution in [3.63, 3.8) is 0 Å². The van der Waals surface area contributed by atoms with E-state index in [0.717, 1.165) is 43.6 Å². The molecule has 30 heavy (non-hydrogen) atoms. The van der Waals surface area contributed by atoms with Crippen LogP contribution in [0.5, 0.6) is 0 Å². The Morgan fingerprint density at radius 1 is 1.23 bits per heavy atom. The lowest BCUT2D eigenvalue weighted by Crippen LogP contribution is -2.31. The number of esters is 1. The first-order chi connectivity index (χ1) is 14.6. The van der Waals surface area contributed by atoms with E-state index in [9.17, 15) is 4.79 Å². The summed E-state index contributed by atoms with van der Waals surface area (Å²) < 4.78 is 7.34. The topological polar surface area (TPSA) is 60.2 Å². The van der Waals surface area contributed by atoms with Gasteiger partial charge in [-0.25, -0.2) is 4.79 Å². The summed E-state index contributed by atoms with van der Waals surface area (Å²) in [7, 11) is 0. The maximum Gasteiger partial charge on any atom is 0.359 e. The van der Waals surface area contributed by atoms with Crippen LogP contribution in [0.25, 0.3) is 10.9 Å². The van der Waals surface area contributed by atoms with Crippen LogP contribution in [0.15, 0.2) is 36.5 Å². The molecule has 1 aliphatic rings. The van der Waals surface area contributed by atoms with Gasteiger partial charge in [0.1, 0.15) is 0 Å². The molecule has 158 valence electrons. The summed E-state index contributed by atoms with van der Waals surface area (Å²) >= 11 is 0. The van der Waals surface area contributed by atoms with Gasteiger partial charge in [0.15, 0.2) is 5.69 Å². The number of rotatable bonds is 7. The zero-order chi connectivity index (χ0) is 21.1. The molecular formula is C24H30N4O2. The number of aryl methyl sites for hydroxylation is 1. The van der Waals surface area contributed by atoms with Crippen molar-refractivity contribution in [1.82, 2.24) is 19.7 Å². The molecule has 6 nitrogen and oxygen atoms in total.